The van der Waals surface area contributed by atoms with Crippen molar-refractivity contribution < 1.29 is 58.2 Å². The maximum absolute atomic E-state index is 13.1. The molecular formula is C61H110O12. The standard InChI is InChI=1S/C61H110O12/c1-4-7-10-13-16-19-22-24-26-27-29-30-33-35-38-41-44-47-53(62)69-50-52(71-54(63)48-45-42-39-36-32-21-18-15-12-9-6-3)51-70-61-59(57(66)56(65)58(73-61)60(67)68)72-55(64)49-46-43-40-37-34-31-28-25-23-20-17-14-11-8-5-2/h15,18,25,28,52,56-59,61,65-66H,4-14,16-17,19-24,26-27,29-51H2,1-3H3,(H,67,68)/b18-15-,28-25-. The SMILES string of the molecule is CCCC/C=C\CCCCCCCC(=O)OC(COC(=O)CCCCCCCCCCCCCCCCCCC)COC1OC(C(=O)O)C(O)C(O)C1OC(=O)CCCCCCC/C=C\CCCCCCCC. The summed E-state index contributed by atoms with van der Waals surface area (Å²) < 4.78 is 28.4. The summed E-state index contributed by atoms with van der Waals surface area (Å²) in [4.78, 5) is 51.1. The van der Waals surface area contributed by atoms with Crippen LogP contribution in [-0.2, 0) is 42.9 Å². The molecule has 0 aromatic heterocycles. The Labute approximate surface area is 445 Å². The Morgan fingerprint density at radius 3 is 1.21 bits per heavy atom. The summed E-state index contributed by atoms with van der Waals surface area (Å²) in [5.41, 5.74) is 0. The van der Waals surface area contributed by atoms with E-state index in [-0.39, 0.29) is 25.9 Å². The van der Waals surface area contributed by atoms with Gasteiger partial charge in [-0.25, -0.2) is 4.79 Å². The normalized spacial score (nSPS) is 18.4. The molecule has 0 aromatic rings. The van der Waals surface area contributed by atoms with Crippen molar-refractivity contribution >= 4 is 23.9 Å². The van der Waals surface area contributed by atoms with Crippen LogP contribution in [0, 0.1) is 0 Å². The molecule has 6 atom stereocenters. The zero-order valence-corrected chi connectivity index (χ0v) is 46.9. The molecule has 1 aliphatic rings. The minimum absolute atomic E-state index is 0.0538. The van der Waals surface area contributed by atoms with Crippen LogP contribution in [0.1, 0.15) is 290 Å². The maximum Gasteiger partial charge on any atom is 0.335 e. The number of rotatable bonds is 52. The highest BCUT2D eigenvalue weighted by Crippen LogP contribution is 2.27. The minimum atomic E-state index is -1.90. The molecule has 0 saturated carbocycles. The largest absolute Gasteiger partial charge is 0.479 e. The first-order chi connectivity index (χ1) is 35.6. The number of aliphatic hydroxyl groups is 2. The Hall–Kier alpha value is -2.80. The third-order valence-electron chi connectivity index (χ3n) is 14.0. The number of hydrogen-bond acceptors (Lipinski definition) is 11. The van der Waals surface area contributed by atoms with E-state index < -0.39 is 67.3 Å². The molecule has 1 rings (SSSR count). The first kappa shape index (κ1) is 68.2. The van der Waals surface area contributed by atoms with Crippen molar-refractivity contribution in [3.8, 4) is 0 Å². The zero-order chi connectivity index (χ0) is 53.3. The summed E-state index contributed by atoms with van der Waals surface area (Å²) in [6.45, 7) is 5.97. The number of esters is 3. The summed E-state index contributed by atoms with van der Waals surface area (Å²) in [7, 11) is 0. The monoisotopic (exact) mass is 1030 g/mol. The molecule has 0 aromatic carbocycles. The molecule has 1 fully saturated rings. The molecule has 12 nitrogen and oxygen atoms in total. The van der Waals surface area contributed by atoms with Gasteiger partial charge in [0.25, 0.3) is 0 Å². The van der Waals surface area contributed by atoms with Crippen LogP contribution in [0.4, 0.5) is 0 Å². The quantitative estimate of drug-likeness (QED) is 0.0228. The van der Waals surface area contributed by atoms with Crippen LogP contribution < -0.4 is 0 Å². The topological polar surface area (TPSA) is 175 Å². The van der Waals surface area contributed by atoms with E-state index in [1.807, 2.05) is 0 Å². The summed E-state index contributed by atoms with van der Waals surface area (Å²) >= 11 is 0. The van der Waals surface area contributed by atoms with Gasteiger partial charge < -0.3 is 39.0 Å². The molecule has 1 aliphatic heterocycles. The molecule has 0 aliphatic carbocycles. The van der Waals surface area contributed by atoms with E-state index in [9.17, 15) is 34.5 Å². The fourth-order valence-corrected chi connectivity index (χ4v) is 9.29. The lowest BCUT2D eigenvalue weighted by atomic mass is 9.98. The Bertz CT molecular complexity index is 1370. The number of aliphatic carboxylic acids is 1. The van der Waals surface area contributed by atoms with Gasteiger partial charge in [-0.2, -0.15) is 0 Å². The van der Waals surface area contributed by atoms with Crippen LogP contribution in [-0.4, -0.2) is 89.2 Å². The van der Waals surface area contributed by atoms with Gasteiger partial charge in [0, 0.05) is 19.3 Å². The first-order valence-electron chi connectivity index (χ1n) is 30.3. The van der Waals surface area contributed by atoms with E-state index in [0.29, 0.717) is 19.3 Å². The van der Waals surface area contributed by atoms with Crippen molar-refractivity contribution in [1.82, 2.24) is 0 Å². The zero-order valence-electron chi connectivity index (χ0n) is 46.9. The number of allylic oxidation sites excluding steroid dienone is 4. The molecule has 12 heteroatoms. The van der Waals surface area contributed by atoms with Crippen LogP contribution in [0.3, 0.4) is 0 Å². The fraction of sp³-hybridized carbons (Fsp3) is 0.869. The van der Waals surface area contributed by atoms with Crippen molar-refractivity contribution in [2.75, 3.05) is 13.2 Å². The maximum atomic E-state index is 13.1. The molecule has 0 amide bonds. The first-order valence-corrected chi connectivity index (χ1v) is 30.3. The van der Waals surface area contributed by atoms with E-state index in [2.05, 4.69) is 45.1 Å². The van der Waals surface area contributed by atoms with Gasteiger partial charge >= 0.3 is 23.9 Å². The molecule has 1 heterocycles. The van der Waals surface area contributed by atoms with E-state index in [1.54, 1.807) is 0 Å². The highest BCUT2D eigenvalue weighted by molar-refractivity contribution is 5.74. The van der Waals surface area contributed by atoms with Gasteiger partial charge in [0.15, 0.2) is 24.6 Å². The Morgan fingerprint density at radius 2 is 0.795 bits per heavy atom. The predicted octanol–water partition coefficient (Wildman–Crippen LogP) is 15.5. The molecule has 1 saturated heterocycles. The van der Waals surface area contributed by atoms with E-state index in [4.69, 9.17) is 23.7 Å². The Balaban J connectivity index is 2.65. The lowest BCUT2D eigenvalue weighted by Gasteiger charge is -2.40. The number of carboxylic acid groups (broad SMARTS) is 1. The van der Waals surface area contributed by atoms with E-state index in [1.165, 1.54) is 135 Å². The smallest absolute Gasteiger partial charge is 0.335 e. The van der Waals surface area contributed by atoms with E-state index in [0.717, 1.165) is 96.3 Å². The molecule has 6 unspecified atom stereocenters. The molecule has 426 valence electrons. The lowest BCUT2D eigenvalue weighted by Crippen LogP contribution is -2.61. The van der Waals surface area contributed by atoms with Crippen LogP contribution >= 0.6 is 0 Å². The Kier molecular flexibility index (Phi) is 46.8. The summed E-state index contributed by atoms with van der Waals surface area (Å²) in [6.07, 6.45) is 44.4. The van der Waals surface area contributed by atoms with Crippen LogP contribution in [0.5, 0.6) is 0 Å². The van der Waals surface area contributed by atoms with Gasteiger partial charge in [0.1, 0.15) is 18.8 Å². The van der Waals surface area contributed by atoms with Crippen LogP contribution in [0.2, 0.25) is 0 Å². The average Bonchev–Trinajstić information content (AvgIpc) is 3.37. The van der Waals surface area contributed by atoms with E-state index >= 15 is 0 Å². The highest BCUT2D eigenvalue weighted by atomic mass is 16.7. The molecule has 0 spiro atoms. The molecule has 73 heavy (non-hydrogen) atoms. The minimum Gasteiger partial charge on any atom is -0.479 e. The second kappa shape index (κ2) is 50.0. The third kappa shape index (κ3) is 40.2. The number of carbonyl (C=O) groups is 4. The van der Waals surface area contributed by atoms with Gasteiger partial charge in [0.2, 0.25) is 0 Å². The van der Waals surface area contributed by atoms with Crippen molar-refractivity contribution in [3.63, 3.8) is 0 Å². The summed E-state index contributed by atoms with van der Waals surface area (Å²) in [5.74, 6) is -3.11. The molecule has 0 bridgehead atoms. The van der Waals surface area contributed by atoms with Crippen molar-refractivity contribution in [3.05, 3.63) is 24.3 Å². The number of carbonyl (C=O) groups excluding carboxylic acids is 3. The second-order valence-electron chi connectivity index (χ2n) is 21.0. The van der Waals surface area contributed by atoms with Gasteiger partial charge in [-0.15, -0.1) is 0 Å². The number of hydrogen-bond donors (Lipinski definition) is 3. The van der Waals surface area contributed by atoms with Crippen molar-refractivity contribution in [2.24, 2.45) is 0 Å². The van der Waals surface area contributed by atoms with Gasteiger partial charge in [-0.3, -0.25) is 14.4 Å². The third-order valence-corrected chi connectivity index (χ3v) is 14.0. The number of unbranched alkanes of at least 4 members (excludes halogenated alkanes) is 34. The summed E-state index contributed by atoms with van der Waals surface area (Å²) in [5, 5.41) is 31.5. The van der Waals surface area contributed by atoms with Gasteiger partial charge in [0.05, 0.1) is 6.61 Å². The van der Waals surface area contributed by atoms with Gasteiger partial charge in [-0.1, -0.05) is 231 Å². The van der Waals surface area contributed by atoms with Crippen molar-refractivity contribution in [2.45, 2.75) is 327 Å². The van der Waals surface area contributed by atoms with Crippen LogP contribution in [0.25, 0.3) is 0 Å². The molecule has 3 N–H and O–H groups in total. The van der Waals surface area contributed by atoms with Crippen molar-refractivity contribution in [1.29, 1.82) is 0 Å². The summed E-state index contributed by atoms with van der Waals surface area (Å²) in [6, 6.07) is 0. The second-order valence-corrected chi connectivity index (χ2v) is 21.0. The molecule has 0 radical (unpaired) electrons. The van der Waals surface area contributed by atoms with Crippen LogP contribution in [0.15, 0.2) is 24.3 Å². The highest BCUT2D eigenvalue weighted by Gasteiger charge is 2.50. The molecular weight excluding hydrogens is 925 g/mol. The number of carboxylic acids is 1. The average molecular weight is 1040 g/mol. The lowest BCUT2D eigenvalue weighted by molar-refractivity contribution is -0.301. The number of ether oxygens (including phenoxy) is 5. The number of aliphatic hydroxyl groups excluding tert-OH is 2. The fourth-order valence-electron chi connectivity index (χ4n) is 9.29. The van der Waals surface area contributed by atoms with Gasteiger partial charge in [-0.05, 0) is 64.2 Å². The Morgan fingerprint density at radius 1 is 0.438 bits per heavy atom. The predicted molar refractivity (Wildman–Crippen MR) is 294 cm³/mol.